The van der Waals surface area contributed by atoms with Crippen LogP contribution in [0.15, 0.2) is 29.3 Å². The Morgan fingerprint density at radius 1 is 1.50 bits per heavy atom. The summed E-state index contributed by atoms with van der Waals surface area (Å²) >= 11 is 3.54. The number of hydrogen-bond donors (Lipinski definition) is 0. The highest BCUT2D eigenvalue weighted by molar-refractivity contribution is 9.10. The van der Waals surface area contributed by atoms with E-state index in [0.717, 1.165) is 6.42 Å². The Morgan fingerprint density at radius 3 is 2.83 bits per heavy atom. The van der Waals surface area contributed by atoms with Crippen LogP contribution in [0.2, 0.25) is 0 Å². The van der Waals surface area contributed by atoms with Gasteiger partial charge in [-0.05, 0) is 23.6 Å². The maximum atomic E-state index is 3.79. The molecule has 0 saturated carbocycles. The van der Waals surface area contributed by atoms with E-state index in [-0.39, 0.29) is 0 Å². The standard InChI is InChI=1S/C11H13Br/c1-3-6-10-9(4-2)7-5-8-11(10)12/h4-5,7-8H,2-3,6H2,1H3. The van der Waals surface area contributed by atoms with Crippen molar-refractivity contribution in [3.63, 3.8) is 0 Å². The lowest BCUT2D eigenvalue weighted by molar-refractivity contribution is 0.915. The third kappa shape index (κ3) is 1.98. The van der Waals surface area contributed by atoms with Crippen LogP contribution in [0.5, 0.6) is 0 Å². The van der Waals surface area contributed by atoms with Crippen molar-refractivity contribution < 1.29 is 0 Å². The molecule has 0 unspecified atom stereocenters. The van der Waals surface area contributed by atoms with Crippen molar-refractivity contribution in [2.45, 2.75) is 19.8 Å². The smallest absolute Gasteiger partial charge is 0.0213 e. The van der Waals surface area contributed by atoms with E-state index >= 15 is 0 Å². The second-order valence-corrected chi connectivity index (χ2v) is 3.62. The van der Waals surface area contributed by atoms with E-state index in [1.807, 2.05) is 12.1 Å². The minimum atomic E-state index is 1.11. The first kappa shape index (κ1) is 9.53. The van der Waals surface area contributed by atoms with Crippen LogP contribution in [0.4, 0.5) is 0 Å². The van der Waals surface area contributed by atoms with Crippen LogP contribution in [0.25, 0.3) is 6.08 Å². The first-order valence-corrected chi connectivity index (χ1v) is 4.98. The lowest BCUT2D eigenvalue weighted by atomic mass is 10.0. The Balaban J connectivity index is 3.10. The summed E-state index contributed by atoms with van der Waals surface area (Å²) in [5.41, 5.74) is 2.61. The van der Waals surface area contributed by atoms with Crippen molar-refractivity contribution in [2.75, 3.05) is 0 Å². The van der Waals surface area contributed by atoms with Crippen LogP contribution in [0, 0.1) is 0 Å². The Labute approximate surface area is 82.4 Å². The van der Waals surface area contributed by atoms with Crippen LogP contribution in [-0.2, 0) is 6.42 Å². The van der Waals surface area contributed by atoms with E-state index in [4.69, 9.17) is 0 Å². The Morgan fingerprint density at radius 2 is 2.25 bits per heavy atom. The molecule has 0 aliphatic carbocycles. The van der Waals surface area contributed by atoms with Gasteiger partial charge < -0.3 is 0 Å². The van der Waals surface area contributed by atoms with Crippen LogP contribution in [-0.4, -0.2) is 0 Å². The van der Waals surface area contributed by atoms with Gasteiger partial charge in [-0.1, -0.05) is 54.1 Å². The molecule has 0 saturated heterocycles. The fourth-order valence-electron chi connectivity index (χ4n) is 1.28. The molecule has 0 bridgehead atoms. The molecule has 0 N–H and O–H groups in total. The molecular formula is C11H13Br. The summed E-state index contributed by atoms with van der Waals surface area (Å²) in [4.78, 5) is 0. The second-order valence-electron chi connectivity index (χ2n) is 2.76. The van der Waals surface area contributed by atoms with E-state index in [2.05, 4.69) is 41.6 Å². The van der Waals surface area contributed by atoms with Gasteiger partial charge in [0.1, 0.15) is 0 Å². The monoisotopic (exact) mass is 224 g/mol. The minimum absolute atomic E-state index is 1.11. The highest BCUT2D eigenvalue weighted by Crippen LogP contribution is 2.22. The molecule has 64 valence electrons. The van der Waals surface area contributed by atoms with Crippen LogP contribution in [0.3, 0.4) is 0 Å². The topological polar surface area (TPSA) is 0 Å². The molecule has 1 heteroatoms. The van der Waals surface area contributed by atoms with Crippen molar-refractivity contribution in [2.24, 2.45) is 0 Å². The second kappa shape index (κ2) is 4.46. The molecule has 0 atom stereocenters. The fourth-order valence-corrected chi connectivity index (χ4v) is 1.86. The maximum Gasteiger partial charge on any atom is 0.0213 e. The Hall–Kier alpha value is -0.560. The predicted octanol–water partition coefficient (Wildman–Crippen LogP) is 4.04. The third-order valence-electron chi connectivity index (χ3n) is 1.88. The van der Waals surface area contributed by atoms with Crippen LogP contribution in [0.1, 0.15) is 24.5 Å². The van der Waals surface area contributed by atoms with Gasteiger partial charge in [-0.3, -0.25) is 0 Å². The summed E-state index contributed by atoms with van der Waals surface area (Å²) in [6.07, 6.45) is 4.20. The Bertz CT molecular complexity index is 276. The molecule has 0 aromatic heterocycles. The summed E-state index contributed by atoms with van der Waals surface area (Å²) < 4.78 is 1.20. The van der Waals surface area contributed by atoms with Crippen LogP contribution >= 0.6 is 15.9 Å². The molecule has 0 nitrogen and oxygen atoms in total. The summed E-state index contributed by atoms with van der Waals surface area (Å²) in [7, 11) is 0. The molecular weight excluding hydrogens is 212 g/mol. The fraction of sp³-hybridized carbons (Fsp3) is 0.273. The van der Waals surface area contributed by atoms with Crippen molar-refractivity contribution in [1.29, 1.82) is 0 Å². The van der Waals surface area contributed by atoms with E-state index in [1.165, 1.54) is 22.0 Å². The number of rotatable bonds is 3. The quantitative estimate of drug-likeness (QED) is 0.728. The molecule has 0 radical (unpaired) electrons. The van der Waals surface area contributed by atoms with Gasteiger partial charge in [0.25, 0.3) is 0 Å². The van der Waals surface area contributed by atoms with Gasteiger partial charge in [0.2, 0.25) is 0 Å². The zero-order valence-corrected chi connectivity index (χ0v) is 8.89. The summed E-state index contributed by atoms with van der Waals surface area (Å²) in [6.45, 7) is 5.98. The van der Waals surface area contributed by atoms with Crippen molar-refractivity contribution in [3.8, 4) is 0 Å². The molecule has 1 rings (SSSR count). The number of benzene rings is 1. The molecule has 1 aromatic rings. The van der Waals surface area contributed by atoms with Gasteiger partial charge in [0, 0.05) is 4.47 Å². The summed E-state index contributed by atoms with van der Waals surface area (Å²) in [5, 5.41) is 0. The lowest BCUT2D eigenvalue weighted by Gasteiger charge is -2.06. The van der Waals surface area contributed by atoms with E-state index in [1.54, 1.807) is 0 Å². The van der Waals surface area contributed by atoms with Crippen molar-refractivity contribution >= 4 is 22.0 Å². The first-order valence-electron chi connectivity index (χ1n) is 4.19. The highest BCUT2D eigenvalue weighted by Gasteiger charge is 2.01. The molecule has 12 heavy (non-hydrogen) atoms. The SMILES string of the molecule is C=Cc1cccc(Br)c1CCC. The molecule has 0 heterocycles. The van der Waals surface area contributed by atoms with Crippen molar-refractivity contribution in [3.05, 3.63) is 40.4 Å². The van der Waals surface area contributed by atoms with Gasteiger partial charge in [0.15, 0.2) is 0 Å². The predicted molar refractivity (Wildman–Crippen MR) is 58.2 cm³/mol. The average molecular weight is 225 g/mol. The molecule has 0 aliphatic heterocycles. The van der Waals surface area contributed by atoms with Gasteiger partial charge >= 0.3 is 0 Å². The minimum Gasteiger partial charge on any atom is -0.0985 e. The normalized spacial score (nSPS) is 9.83. The van der Waals surface area contributed by atoms with Gasteiger partial charge in [-0.25, -0.2) is 0 Å². The zero-order chi connectivity index (χ0) is 8.97. The number of hydrogen-bond acceptors (Lipinski definition) is 0. The van der Waals surface area contributed by atoms with Gasteiger partial charge in [-0.15, -0.1) is 0 Å². The molecule has 0 spiro atoms. The largest absolute Gasteiger partial charge is 0.0985 e. The molecule has 1 aromatic carbocycles. The van der Waals surface area contributed by atoms with Crippen molar-refractivity contribution in [1.82, 2.24) is 0 Å². The van der Waals surface area contributed by atoms with E-state index in [0.29, 0.717) is 0 Å². The third-order valence-corrected chi connectivity index (χ3v) is 2.62. The number of halogens is 1. The average Bonchev–Trinajstić information content (AvgIpc) is 2.09. The van der Waals surface area contributed by atoms with E-state index in [9.17, 15) is 0 Å². The first-order chi connectivity index (χ1) is 5.79. The summed E-state index contributed by atoms with van der Waals surface area (Å²) in [6, 6.07) is 6.22. The maximum absolute atomic E-state index is 3.79. The Kier molecular flexibility index (Phi) is 3.54. The molecule has 0 fully saturated rings. The van der Waals surface area contributed by atoms with Gasteiger partial charge in [-0.2, -0.15) is 0 Å². The van der Waals surface area contributed by atoms with Gasteiger partial charge in [0.05, 0.1) is 0 Å². The highest BCUT2D eigenvalue weighted by atomic mass is 79.9. The van der Waals surface area contributed by atoms with Crippen LogP contribution < -0.4 is 0 Å². The molecule has 0 amide bonds. The molecule has 0 aliphatic rings. The summed E-state index contributed by atoms with van der Waals surface area (Å²) in [5.74, 6) is 0. The van der Waals surface area contributed by atoms with E-state index < -0.39 is 0 Å². The zero-order valence-electron chi connectivity index (χ0n) is 7.31. The lowest BCUT2D eigenvalue weighted by Crippen LogP contribution is -1.89.